The predicted molar refractivity (Wildman–Crippen MR) is 69.5 cm³/mol. The molecule has 1 aromatic carbocycles. The fraction of sp³-hybridized carbons (Fsp3) is 0.250. The number of hydrogen-bond acceptors (Lipinski definition) is 2. The van der Waals surface area contributed by atoms with Crippen molar-refractivity contribution in [2.75, 3.05) is 13.2 Å². The first-order valence-electron chi connectivity index (χ1n) is 4.72. The summed E-state index contributed by atoms with van der Waals surface area (Å²) >= 11 is 2.00. The molecule has 0 atom stereocenters. The fourth-order valence-corrected chi connectivity index (χ4v) is 1.47. The standard InChI is InChI=1S/C12H11IO3/c13-7-5-10-1-3-11(4-2-10)6-8-16-9-12(14)15/h1-4H,6,8-9H2,(H,14,15). The molecule has 0 aliphatic rings. The van der Waals surface area contributed by atoms with Crippen molar-refractivity contribution in [2.24, 2.45) is 0 Å². The first-order chi connectivity index (χ1) is 7.72. The maximum atomic E-state index is 10.2. The number of carbonyl (C=O) groups is 1. The topological polar surface area (TPSA) is 46.5 Å². The van der Waals surface area contributed by atoms with Crippen molar-refractivity contribution in [3.05, 3.63) is 35.4 Å². The first kappa shape index (κ1) is 13.0. The van der Waals surface area contributed by atoms with Crippen molar-refractivity contribution in [1.82, 2.24) is 0 Å². The van der Waals surface area contributed by atoms with Gasteiger partial charge in [0.2, 0.25) is 0 Å². The van der Waals surface area contributed by atoms with Crippen molar-refractivity contribution in [1.29, 1.82) is 0 Å². The van der Waals surface area contributed by atoms with Gasteiger partial charge in [0.25, 0.3) is 0 Å². The largest absolute Gasteiger partial charge is 0.480 e. The lowest BCUT2D eigenvalue weighted by Crippen LogP contribution is -2.08. The van der Waals surface area contributed by atoms with E-state index in [0.717, 1.165) is 11.1 Å². The number of halogens is 1. The van der Waals surface area contributed by atoms with Crippen LogP contribution >= 0.6 is 22.6 Å². The quantitative estimate of drug-likeness (QED) is 0.511. The maximum absolute atomic E-state index is 10.2. The lowest BCUT2D eigenvalue weighted by Gasteiger charge is -2.01. The lowest BCUT2D eigenvalue weighted by atomic mass is 10.1. The maximum Gasteiger partial charge on any atom is 0.329 e. The Hall–Kier alpha value is -1.06. The van der Waals surface area contributed by atoms with Crippen molar-refractivity contribution < 1.29 is 14.6 Å². The summed E-state index contributed by atoms with van der Waals surface area (Å²) in [5.74, 6) is 2.01. The molecule has 0 aliphatic carbocycles. The van der Waals surface area contributed by atoms with Gasteiger partial charge in [0, 0.05) is 28.2 Å². The van der Waals surface area contributed by atoms with E-state index in [1.807, 2.05) is 46.9 Å². The molecule has 0 saturated carbocycles. The summed E-state index contributed by atoms with van der Waals surface area (Å²) in [7, 11) is 0. The minimum Gasteiger partial charge on any atom is -0.480 e. The molecule has 16 heavy (non-hydrogen) atoms. The molecule has 4 heteroatoms. The van der Waals surface area contributed by atoms with Crippen molar-refractivity contribution in [3.8, 4) is 9.85 Å². The molecule has 0 radical (unpaired) electrons. The average Bonchev–Trinajstić information content (AvgIpc) is 2.27. The van der Waals surface area contributed by atoms with E-state index in [1.54, 1.807) is 0 Å². The van der Waals surface area contributed by atoms with E-state index in [1.165, 1.54) is 0 Å². The second-order valence-corrected chi connectivity index (χ2v) is 3.65. The molecule has 0 spiro atoms. The second kappa shape index (κ2) is 7.25. The van der Waals surface area contributed by atoms with Crippen LogP contribution in [0.15, 0.2) is 24.3 Å². The van der Waals surface area contributed by atoms with E-state index >= 15 is 0 Å². The molecule has 1 aromatic rings. The molecule has 1 rings (SSSR count). The van der Waals surface area contributed by atoms with Gasteiger partial charge < -0.3 is 9.84 Å². The Morgan fingerprint density at radius 3 is 2.62 bits per heavy atom. The third-order valence-electron chi connectivity index (χ3n) is 1.91. The molecule has 0 unspecified atom stereocenters. The smallest absolute Gasteiger partial charge is 0.329 e. The number of rotatable bonds is 5. The zero-order valence-electron chi connectivity index (χ0n) is 8.57. The van der Waals surface area contributed by atoms with Crippen molar-refractivity contribution in [2.45, 2.75) is 6.42 Å². The Balaban J connectivity index is 2.36. The van der Waals surface area contributed by atoms with Crippen LogP contribution in [0.1, 0.15) is 11.1 Å². The molecule has 0 heterocycles. The first-order valence-corrected chi connectivity index (χ1v) is 5.80. The normalized spacial score (nSPS) is 9.31. The highest BCUT2D eigenvalue weighted by atomic mass is 127. The van der Waals surface area contributed by atoms with Crippen LogP contribution in [0.25, 0.3) is 0 Å². The monoisotopic (exact) mass is 330 g/mol. The Labute approximate surface area is 108 Å². The summed E-state index contributed by atoms with van der Waals surface area (Å²) in [5, 5.41) is 8.37. The van der Waals surface area contributed by atoms with Crippen molar-refractivity contribution >= 4 is 28.6 Å². The van der Waals surface area contributed by atoms with Crippen LogP contribution < -0.4 is 0 Å². The summed E-state index contributed by atoms with van der Waals surface area (Å²) in [6, 6.07) is 7.83. The van der Waals surface area contributed by atoms with Crippen LogP contribution in [0, 0.1) is 9.85 Å². The number of aliphatic carboxylic acids is 1. The van der Waals surface area contributed by atoms with Gasteiger partial charge in [0.15, 0.2) is 0 Å². The molecule has 84 valence electrons. The highest BCUT2D eigenvalue weighted by Crippen LogP contribution is 2.04. The SMILES string of the molecule is O=C(O)COCCc1ccc(C#CI)cc1. The minimum atomic E-state index is -0.937. The van der Waals surface area contributed by atoms with E-state index in [-0.39, 0.29) is 6.61 Å². The van der Waals surface area contributed by atoms with Gasteiger partial charge in [-0.3, -0.25) is 0 Å². The van der Waals surface area contributed by atoms with E-state index in [4.69, 9.17) is 9.84 Å². The summed E-state index contributed by atoms with van der Waals surface area (Å²) in [6.45, 7) is 0.183. The molecule has 0 fully saturated rings. The van der Waals surface area contributed by atoms with Gasteiger partial charge in [0.1, 0.15) is 6.61 Å². The predicted octanol–water partition coefficient (Wildman–Crippen LogP) is 2.07. The van der Waals surface area contributed by atoms with E-state index in [2.05, 4.69) is 9.85 Å². The molecule has 0 aliphatic heterocycles. The molecule has 1 N–H and O–H groups in total. The average molecular weight is 330 g/mol. The molecular formula is C12H11IO3. The molecular weight excluding hydrogens is 319 g/mol. The summed E-state index contributed by atoms with van der Waals surface area (Å²) in [5.41, 5.74) is 2.09. The van der Waals surface area contributed by atoms with Gasteiger partial charge in [-0.25, -0.2) is 4.79 Å². The molecule has 3 nitrogen and oxygen atoms in total. The summed E-state index contributed by atoms with van der Waals surface area (Å²) in [4.78, 5) is 10.2. The minimum absolute atomic E-state index is 0.238. The van der Waals surface area contributed by atoms with Crippen LogP contribution in [0.2, 0.25) is 0 Å². The number of hydrogen-bond donors (Lipinski definition) is 1. The van der Waals surface area contributed by atoms with E-state index < -0.39 is 5.97 Å². The Kier molecular flexibility index (Phi) is 5.90. The highest BCUT2D eigenvalue weighted by molar-refractivity contribution is 14.1. The van der Waals surface area contributed by atoms with Gasteiger partial charge in [-0.2, -0.15) is 0 Å². The Bertz CT molecular complexity index is 401. The zero-order valence-corrected chi connectivity index (χ0v) is 10.7. The lowest BCUT2D eigenvalue weighted by molar-refractivity contribution is -0.142. The number of carboxylic acid groups (broad SMARTS) is 1. The summed E-state index contributed by atoms with van der Waals surface area (Å²) in [6.07, 6.45) is 0.714. The van der Waals surface area contributed by atoms with Crippen LogP contribution in [0.5, 0.6) is 0 Å². The van der Waals surface area contributed by atoms with Crippen LogP contribution in [-0.2, 0) is 16.0 Å². The molecule has 0 amide bonds. The molecule has 0 saturated heterocycles. The zero-order chi connectivity index (χ0) is 11.8. The van der Waals surface area contributed by atoms with Gasteiger partial charge in [-0.15, -0.1) is 0 Å². The van der Waals surface area contributed by atoms with Crippen molar-refractivity contribution in [3.63, 3.8) is 0 Å². The Morgan fingerprint density at radius 1 is 1.38 bits per heavy atom. The third kappa shape index (κ3) is 5.14. The third-order valence-corrected chi connectivity index (χ3v) is 2.18. The fourth-order valence-electron chi connectivity index (χ4n) is 1.16. The number of carboxylic acids is 1. The van der Waals surface area contributed by atoms with Gasteiger partial charge in [-0.05, 0) is 28.0 Å². The van der Waals surface area contributed by atoms with Crippen LogP contribution in [-0.4, -0.2) is 24.3 Å². The van der Waals surface area contributed by atoms with E-state index in [9.17, 15) is 4.79 Å². The summed E-state index contributed by atoms with van der Waals surface area (Å²) < 4.78 is 7.75. The van der Waals surface area contributed by atoms with Crippen LogP contribution in [0.4, 0.5) is 0 Å². The molecule has 0 bridgehead atoms. The Morgan fingerprint density at radius 2 is 2.06 bits per heavy atom. The second-order valence-electron chi connectivity index (χ2n) is 3.11. The van der Waals surface area contributed by atoms with Gasteiger partial charge in [0.05, 0.1) is 6.61 Å². The van der Waals surface area contributed by atoms with Crippen LogP contribution in [0.3, 0.4) is 0 Å². The highest BCUT2D eigenvalue weighted by Gasteiger charge is 1.97. The number of benzene rings is 1. The molecule has 0 aromatic heterocycles. The number of ether oxygens (including phenoxy) is 1. The van der Waals surface area contributed by atoms with Gasteiger partial charge >= 0.3 is 5.97 Å². The van der Waals surface area contributed by atoms with E-state index in [0.29, 0.717) is 13.0 Å². The van der Waals surface area contributed by atoms with Gasteiger partial charge in [-0.1, -0.05) is 18.1 Å².